The van der Waals surface area contributed by atoms with E-state index in [2.05, 4.69) is 15.3 Å². The van der Waals surface area contributed by atoms with Crippen LogP contribution >= 0.6 is 11.3 Å². The first kappa shape index (κ1) is 13.7. The molecule has 0 saturated carbocycles. The number of hydrogen-bond donors (Lipinski definition) is 1. The van der Waals surface area contributed by atoms with Crippen molar-refractivity contribution in [2.24, 2.45) is 5.73 Å². The Morgan fingerprint density at radius 1 is 1.43 bits per heavy atom. The number of amides is 1. The summed E-state index contributed by atoms with van der Waals surface area (Å²) in [5.74, 6) is -0.475. The van der Waals surface area contributed by atoms with E-state index < -0.39 is 5.91 Å². The van der Waals surface area contributed by atoms with Crippen molar-refractivity contribution in [1.29, 1.82) is 0 Å². The van der Waals surface area contributed by atoms with Crippen LogP contribution in [0.2, 0.25) is 0 Å². The molecule has 0 saturated heterocycles. The molecular weight excluding hydrogens is 290 g/mol. The second-order valence-electron chi connectivity index (χ2n) is 4.43. The number of nitrogens with two attached hydrogens (primary N) is 1. The Morgan fingerprint density at radius 2 is 2.33 bits per heavy atom. The van der Waals surface area contributed by atoms with Crippen molar-refractivity contribution in [1.82, 2.24) is 20.0 Å². The molecule has 108 valence electrons. The highest BCUT2D eigenvalue weighted by Gasteiger charge is 2.05. The van der Waals surface area contributed by atoms with Gasteiger partial charge in [0.25, 0.3) is 0 Å². The van der Waals surface area contributed by atoms with Crippen LogP contribution in [0.5, 0.6) is 0 Å². The summed E-state index contributed by atoms with van der Waals surface area (Å²) < 4.78 is 7.92. The zero-order valence-corrected chi connectivity index (χ0v) is 11.9. The Bertz CT molecular complexity index is 767. The summed E-state index contributed by atoms with van der Waals surface area (Å²) in [7, 11) is 0. The largest absolute Gasteiger partial charge is 0.371 e. The molecule has 0 aliphatic rings. The normalized spacial score (nSPS) is 11.0. The molecule has 0 unspecified atom stereocenters. The van der Waals surface area contributed by atoms with E-state index >= 15 is 0 Å². The predicted octanol–water partition coefficient (Wildman–Crippen LogP) is 0.921. The minimum Gasteiger partial charge on any atom is -0.371 e. The maximum absolute atomic E-state index is 10.5. The third kappa shape index (κ3) is 3.23. The monoisotopic (exact) mass is 303 g/mol. The summed E-state index contributed by atoms with van der Waals surface area (Å²) >= 11 is 1.59. The first-order valence-electron chi connectivity index (χ1n) is 6.33. The maximum atomic E-state index is 10.5. The molecule has 7 nitrogen and oxygen atoms in total. The highest BCUT2D eigenvalue weighted by molar-refractivity contribution is 7.16. The summed E-state index contributed by atoms with van der Waals surface area (Å²) in [6.45, 7) is 0.311. The zero-order valence-electron chi connectivity index (χ0n) is 11.1. The van der Waals surface area contributed by atoms with Crippen molar-refractivity contribution >= 4 is 27.5 Å². The topological polar surface area (TPSA) is 95.9 Å². The molecule has 1 aromatic carbocycles. The van der Waals surface area contributed by atoms with Gasteiger partial charge in [-0.2, -0.15) is 0 Å². The fraction of sp³-hybridized carbons (Fsp3) is 0.231. The molecule has 3 aromatic rings. The summed E-state index contributed by atoms with van der Waals surface area (Å²) in [6, 6.07) is 5.93. The van der Waals surface area contributed by atoms with E-state index in [4.69, 9.17) is 10.5 Å². The average molecular weight is 303 g/mol. The number of carbonyl (C=O) groups excluding carboxylic acids is 1. The third-order valence-electron chi connectivity index (χ3n) is 2.87. The van der Waals surface area contributed by atoms with E-state index in [9.17, 15) is 4.79 Å². The van der Waals surface area contributed by atoms with Gasteiger partial charge in [-0.1, -0.05) is 5.21 Å². The van der Waals surface area contributed by atoms with Gasteiger partial charge in [0, 0.05) is 6.42 Å². The molecule has 21 heavy (non-hydrogen) atoms. The van der Waals surface area contributed by atoms with Crippen LogP contribution in [0.15, 0.2) is 29.9 Å². The summed E-state index contributed by atoms with van der Waals surface area (Å²) in [5, 5.41) is 8.18. The summed E-state index contributed by atoms with van der Waals surface area (Å²) in [6.07, 6.45) is 2.42. The number of primary amides is 1. The standard InChI is InChI=1S/C13H13N5O2S/c14-13(19)7-20-4-3-9-6-18(17-16-9)10-1-2-11-12(5-10)21-8-15-11/h1-2,5-6,8H,3-4,7H2,(H2,14,19). The van der Waals surface area contributed by atoms with Gasteiger partial charge in [0.2, 0.25) is 5.91 Å². The Kier molecular flexibility index (Phi) is 3.89. The quantitative estimate of drug-likeness (QED) is 0.683. The van der Waals surface area contributed by atoms with Crippen molar-refractivity contribution in [3.05, 3.63) is 35.6 Å². The molecule has 0 fully saturated rings. The average Bonchev–Trinajstić information content (AvgIpc) is 3.11. The van der Waals surface area contributed by atoms with Crippen molar-refractivity contribution < 1.29 is 9.53 Å². The van der Waals surface area contributed by atoms with Crippen molar-refractivity contribution in [2.45, 2.75) is 6.42 Å². The second-order valence-corrected chi connectivity index (χ2v) is 5.31. The lowest BCUT2D eigenvalue weighted by Gasteiger charge is -1.99. The first-order valence-corrected chi connectivity index (χ1v) is 7.21. The second kappa shape index (κ2) is 5.98. The van der Waals surface area contributed by atoms with E-state index in [0.717, 1.165) is 21.6 Å². The molecule has 0 spiro atoms. The number of carbonyl (C=O) groups is 1. The fourth-order valence-corrected chi connectivity index (χ4v) is 2.59. The van der Waals surface area contributed by atoms with E-state index in [1.165, 1.54) is 0 Å². The van der Waals surface area contributed by atoms with Crippen LogP contribution in [0.25, 0.3) is 15.9 Å². The van der Waals surface area contributed by atoms with Gasteiger partial charge in [-0.05, 0) is 18.2 Å². The minimum atomic E-state index is -0.475. The van der Waals surface area contributed by atoms with Gasteiger partial charge < -0.3 is 10.5 Å². The molecule has 0 aliphatic heterocycles. The smallest absolute Gasteiger partial charge is 0.243 e. The van der Waals surface area contributed by atoms with Crippen molar-refractivity contribution in [2.75, 3.05) is 13.2 Å². The van der Waals surface area contributed by atoms with E-state index in [0.29, 0.717) is 13.0 Å². The van der Waals surface area contributed by atoms with Crippen LogP contribution in [0, 0.1) is 0 Å². The maximum Gasteiger partial charge on any atom is 0.243 e. The number of aromatic nitrogens is 4. The first-order chi connectivity index (χ1) is 10.2. The van der Waals surface area contributed by atoms with E-state index in [1.54, 1.807) is 16.0 Å². The number of rotatable bonds is 6. The number of benzene rings is 1. The van der Waals surface area contributed by atoms with Gasteiger partial charge in [0.05, 0.1) is 39.9 Å². The number of nitrogens with zero attached hydrogens (tertiary/aromatic N) is 4. The molecule has 3 rings (SSSR count). The van der Waals surface area contributed by atoms with Gasteiger partial charge in [-0.15, -0.1) is 16.4 Å². The molecule has 0 atom stereocenters. The lowest BCUT2D eigenvalue weighted by atomic mass is 10.3. The van der Waals surface area contributed by atoms with Gasteiger partial charge in [0.15, 0.2) is 0 Å². The van der Waals surface area contributed by atoms with Crippen molar-refractivity contribution in [3.8, 4) is 5.69 Å². The van der Waals surface area contributed by atoms with Gasteiger partial charge in [-0.25, -0.2) is 9.67 Å². The lowest BCUT2D eigenvalue weighted by Crippen LogP contribution is -2.18. The van der Waals surface area contributed by atoms with Crippen LogP contribution in [0.1, 0.15) is 5.69 Å². The molecule has 0 aliphatic carbocycles. The van der Waals surface area contributed by atoms with Crippen LogP contribution in [-0.4, -0.2) is 39.1 Å². The molecule has 2 heterocycles. The Labute approximate surface area is 124 Å². The predicted molar refractivity (Wildman–Crippen MR) is 78.3 cm³/mol. The van der Waals surface area contributed by atoms with Gasteiger partial charge >= 0.3 is 0 Å². The lowest BCUT2D eigenvalue weighted by molar-refractivity contribution is -0.122. The highest BCUT2D eigenvalue weighted by atomic mass is 32.1. The van der Waals surface area contributed by atoms with Crippen LogP contribution in [0.3, 0.4) is 0 Å². The Hall–Kier alpha value is -2.32. The Morgan fingerprint density at radius 3 is 3.19 bits per heavy atom. The van der Waals surface area contributed by atoms with Crippen LogP contribution in [0.4, 0.5) is 0 Å². The van der Waals surface area contributed by atoms with Gasteiger partial charge in [-0.3, -0.25) is 4.79 Å². The minimum absolute atomic E-state index is 0.0732. The molecule has 2 aromatic heterocycles. The SMILES string of the molecule is NC(=O)COCCc1cn(-c2ccc3ncsc3c2)nn1. The number of thiazole rings is 1. The fourth-order valence-electron chi connectivity index (χ4n) is 1.87. The molecule has 0 bridgehead atoms. The Balaban J connectivity index is 1.67. The summed E-state index contributed by atoms with van der Waals surface area (Å²) in [5.41, 5.74) is 9.51. The van der Waals surface area contributed by atoms with E-state index in [1.807, 2.05) is 29.9 Å². The molecule has 2 N–H and O–H groups in total. The number of hydrogen-bond acceptors (Lipinski definition) is 6. The highest BCUT2D eigenvalue weighted by Crippen LogP contribution is 2.20. The van der Waals surface area contributed by atoms with Crippen molar-refractivity contribution in [3.63, 3.8) is 0 Å². The molecule has 0 radical (unpaired) electrons. The number of ether oxygens (including phenoxy) is 1. The zero-order chi connectivity index (χ0) is 14.7. The van der Waals surface area contributed by atoms with Crippen LogP contribution in [-0.2, 0) is 16.0 Å². The van der Waals surface area contributed by atoms with E-state index in [-0.39, 0.29) is 6.61 Å². The van der Waals surface area contributed by atoms with Gasteiger partial charge in [0.1, 0.15) is 6.61 Å². The van der Waals surface area contributed by atoms with Crippen LogP contribution < -0.4 is 5.73 Å². The summed E-state index contributed by atoms with van der Waals surface area (Å²) in [4.78, 5) is 14.8. The third-order valence-corrected chi connectivity index (χ3v) is 3.66. The molecule has 1 amide bonds. The number of fused-ring (bicyclic) bond motifs is 1. The molecular formula is C13H13N5O2S. The molecule has 8 heteroatoms.